The lowest BCUT2D eigenvalue weighted by molar-refractivity contribution is 0.0434. The number of rotatable bonds is 6. The minimum Gasteiger partial charge on any atom is -0.373 e. The van der Waals surface area contributed by atoms with Crippen molar-refractivity contribution in [2.45, 2.75) is 37.7 Å². The molecule has 1 saturated carbocycles. The summed E-state index contributed by atoms with van der Waals surface area (Å²) in [5, 5.41) is 4.93. The minimum absolute atomic E-state index is 0.0373. The van der Waals surface area contributed by atoms with Crippen LogP contribution in [-0.4, -0.2) is 54.9 Å². The predicted octanol–water partition coefficient (Wildman–Crippen LogP) is -0.395. The Hall–Kier alpha value is -1.52. The number of ether oxygens (including phenoxy) is 1. The van der Waals surface area contributed by atoms with E-state index >= 15 is 0 Å². The second kappa shape index (κ2) is 6.54. The van der Waals surface area contributed by atoms with Crippen molar-refractivity contribution in [3.8, 4) is 0 Å². The van der Waals surface area contributed by atoms with Crippen LogP contribution in [0.1, 0.15) is 37.4 Å². The molecule has 0 atom stereocenters. The Labute approximate surface area is 135 Å². The van der Waals surface area contributed by atoms with Crippen LogP contribution in [0, 0.1) is 0 Å². The molecule has 0 radical (unpaired) electrons. The van der Waals surface area contributed by atoms with Crippen LogP contribution in [-0.2, 0) is 14.8 Å². The van der Waals surface area contributed by atoms with Gasteiger partial charge in [-0.05, 0) is 12.8 Å². The van der Waals surface area contributed by atoms with Crippen molar-refractivity contribution >= 4 is 21.9 Å². The average Bonchev–Trinajstić information content (AvgIpc) is 2.93. The minimum atomic E-state index is -3.48. The third kappa shape index (κ3) is 4.27. The number of nitrogens with zero attached hydrogens (tertiary/aromatic N) is 4. The highest BCUT2D eigenvalue weighted by Crippen LogP contribution is 2.33. The summed E-state index contributed by atoms with van der Waals surface area (Å²) in [6.45, 7) is 1.32. The number of nitrogens with two attached hydrogens (primary N) is 2. The van der Waals surface area contributed by atoms with E-state index in [1.165, 1.54) is 12.8 Å². The second-order valence-electron chi connectivity index (χ2n) is 6.10. The number of aromatic nitrogens is 3. The molecule has 128 valence electrons. The van der Waals surface area contributed by atoms with E-state index in [4.69, 9.17) is 15.6 Å². The van der Waals surface area contributed by atoms with Crippen molar-refractivity contribution in [2.75, 3.05) is 36.1 Å². The molecule has 0 spiro atoms. The molecule has 1 aromatic rings. The zero-order chi connectivity index (χ0) is 16.4. The molecule has 2 heterocycles. The lowest BCUT2D eigenvalue weighted by Crippen LogP contribution is -2.53. The zero-order valence-corrected chi connectivity index (χ0v) is 13.7. The maximum Gasteiger partial charge on any atom is 0.230 e. The van der Waals surface area contributed by atoms with E-state index in [9.17, 15) is 8.42 Å². The summed E-state index contributed by atoms with van der Waals surface area (Å²) < 4.78 is 27.2. The average molecular weight is 342 g/mol. The molecule has 9 nitrogen and oxygen atoms in total. The topological polar surface area (TPSA) is 137 Å². The van der Waals surface area contributed by atoms with E-state index in [-0.39, 0.29) is 24.4 Å². The number of sulfonamides is 1. The van der Waals surface area contributed by atoms with Crippen LogP contribution in [0.5, 0.6) is 0 Å². The monoisotopic (exact) mass is 342 g/mol. The molecule has 1 saturated heterocycles. The summed E-state index contributed by atoms with van der Waals surface area (Å²) >= 11 is 0. The van der Waals surface area contributed by atoms with Gasteiger partial charge in [-0.2, -0.15) is 15.0 Å². The Morgan fingerprint density at radius 3 is 2.52 bits per heavy atom. The van der Waals surface area contributed by atoms with Crippen molar-refractivity contribution in [2.24, 2.45) is 5.14 Å². The molecule has 0 aromatic carbocycles. The number of anilines is 2. The summed E-state index contributed by atoms with van der Waals surface area (Å²) in [7, 11) is -3.48. The SMILES string of the molecule is Nc1nc(C2CCCC2)nc(N2CC(OCCS(N)(=O)=O)C2)n1. The van der Waals surface area contributed by atoms with E-state index in [0.29, 0.717) is 25.0 Å². The normalized spacial score (nSPS) is 20.0. The highest BCUT2D eigenvalue weighted by atomic mass is 32.2. The Bertz CT molecular complexity index is 656. The van der Waals surface area contributed by atoms with Crippen molar-refractivity contribution in [1.29, 1.82) is 0 Å². The molecule has 3 rings (SSSR count). The first kappa shape index (κ1) is 16.3. The Balaban J connectivity index is 1.55. The van der Waals surface area contributed by atoms with Gasteiger partial charge in [-0.25, -0.2) is 13.6 Å². The van der Waals surface area contributed by atoms with E-state index in [1.807, 2.05) is 4.90 Å². The highest BCUT2D eigenvalue weighted by molar-refractivity contribution is 7.89. The Morgan fingerprint density at radius 2 is 1.87 bits per heavy atom. The maximum absolute atomic E-state index is 10.9. The summed E-state index contributed by atoms with van der Waals surface area (Å²) in [6, 6.07) is 0. The van der Waals surface area contributed by atoms with Gasteiger partial charge in [-0.3, -0.25) is 0 Å². The van der Waals surface area contributed by atoms with Crippen molar-refractivity contribution < 1.29 is 13.2 Å². The van der Waals surface area contributed by atoms with Gasteiger partial charge in [-0.15, -0.1) is 0 Å². The van der Waals surface area contributed by atoms with Crippen molar-refractivity contribution in [3.05, 3.63) is 5.82 Å². The first-order valence-electron chi connectivity index (χ1n) is 7.79. The molecular weight excluding hydrogens is 320 g/mol. The maximum atomic E-state index is 10.9. The largest absolute Gasteiger partial charge is 0.373 e. The van der Waals surface area contributed by atoms with Gasteiger partial charge in [0.15, 0.2) is 0 Å². The first-order chi connectivity index (χ1) is 10.9. The molecule has 0 unspecified atom stereocenters. The first-order valence-corrected chi connectivity index (χ1v) is 9.51. The molecule has 2 fully saturated rings. The summed E-state index contributed by atoms with van der Waals surface area (Å²) in [5.74, 6) is 1.81. The number of hydrogen-bond donors (Lipinski definition) is 2. The fourth-order valence-electron chi connectivity index (χ4n) is 2.94. The van der Waals surface area contributed by atoms with E-state index in [0.717, 1.165) is 18.7 Å². The van der Waals surface area contributed by atoms with Gasteiger partial charge in [0.05, 0.1) is 18.5 Å². The molecule has 23 heavy (non-hydrogen) atoms. The van der Waals surface area contributed by atoms with E-state index in [2.05, 4.69) is 15.0 Å². The summed E-state index contributed by atoms with van der Waals surface area (Å²) in [4.78, 5) is 15.0. The highest BCUT2D eigenvalue weighted by Gasteiger charge is 2.31. The van der Waals surface area contributed by atoms with Crippen molar-refractivity contribution in [1.82, 2.24) is 15.0 Å². The molecule has 4 N–H and O–H groups in total. The van der Waals surface area contributed by atoms with Gasteiger partial charge in [0.2, 0.25) is 21.9 Å². The van der Waals surface area contributed by atoms with Gasteiger partial charge < -0.3 is 15.4 Å². The molecule has 1 aromatic heterocycles. The smallest absolute Gasteiger partial charge is 0.230 e. The lowest BCUT2D eigenvalue weighted by Gasteiger charge is -2.38. The van der Waals surface area contributed by atoms with Crippen LogP contribution < -0.4 is 15.8 Å². The van der Waals surface area contributed by atoms with Crippen LogP contribution in [0.25, 0.3) is 0 Å². The van der Waals surface area contributed by atoms with Crippen LogP contribution in [0.15, 0.2) is 0 Å². The molecule has 10 heteroatoms. The van der Waals surface area contributed by atoms with Gasteiger partial charge in [0, 0.05) is 19.0 Å². The van der Waals surface area contributed by atoms with Gasteiger partial charge in [-0.1, -0.05) is 12.8 Å². The number of hydrogen-bond acceptors (Lipinski definition) is 8. The third-order valence-corrected chi connectivity index (χ3v) is 4.97. The predicted molar refractivity (Wildman–Crippen MR) is 85.4 cm³/mol. The van der Waals surface area contributed by atoms with E-state index in [1.54, 1.807) is 0 Å². The molecule has 0 amide bonds. The Morgan fingerprint density at radius 1 is 1.17 bits per heavy atom. The fourth-order valence-corrected chi connectivity index (χ4v) is 3.27. The van der Waals surface area contributed by atoms with E-state index < -0.39 is 10.0 Å². The molecule has 2 aliphatic rings. The van der Waals surface area contributed by atoms with Crippen molar-refractivity contribution in [3.63, 3.8) is 0 Å². The molecule has 0 bridgehead atoms. The molecule has 1 aliphatic heterocycles. The number of primary sulfonamides is 1. The summed E-state index contributed by atoms with van der Waals surface area (Å²) in [5.41, 5.74) is 5.81. The second-order valence-corrected chi connectivity index (χ2v) is 7.83. The fraction of sp³-hybridized carbons (Fsp3) is 0.769. The quantitative estimate of drug-likeness (QED) is 0.712. The van der Waals surface area contributed by atoms with Gasteiger partial charge in [0.1, 0.15) is 5.82 Å². The van der Waals surface area contributed by atoms with Gasteiger partial charge >= 0.3 is 0 Å². The zero-order valence-electron chi connectivity index (χ0n) is 12.9. The number of nitrogen functional groups attached to an aromatic ring is 1. The Kier molecular flexibility index (Phi) is 4.64. The summed E-state index contributed by atoms with van der Waals surface area (Å²) in [6.07, 6.45) is 4.57. The lowest BCUT2D eigenvalue weighted by atomic mass is 10.1. The third-order valence-electron chi connectivity index (χ3n) is 4.23. The molecule has 1 aliphatic carbocycles. The van der Waals surface area contributed by atoms with Gasteiger partial charge in [0.25, 0.3) is 0 Å². The van der Waals surface area contributed by atoms with Crippen LogP contribution >= 0.6 is 0 Å². The van der Waals surface area contributed by atoms with Crippen LogP contribution in [0.3, 0.4) is 0 Å². The molecular formula is C13H22N6O3S. The standard InChI is InChI=1S/C13H22N6O3S/c14-12-16-11(9-3-1-2-4-9)17-13(18-12)19-7-10(8-19)22-5-6-23(15,20)21/h9-10H,1-8H2,(H2,15,20,21)(H2,14,16,17,18). The van der Waals surface area contributed by atoms with Crippen LogP contribution in [0.4, 0.5) is 11.9 Å². The van der Waals surface area contributed by atoms with Crippen LogP contribution in [0.2, 0.25) is 0 Å².